The molecule has 0 radical (unpaired) electrons. The zero-order valence-corrected chi connectivity index (χ0v) is 9.58. The molecule has 1 saturated heterocycles. The van der Waals surface area contributed by atoms with Gasteiger partial charge >= 0.3 is 6.09 Å². The maximum absolute atomic E-state index is 10.9. The number of amides is 1. The number of rotatable bonds is 1. The fourth-order valence-corrected chi connectivity index (χ4v) is 1.94. The highest BCUT2D eigenvalue weighted by atomic mass is 16.4. The molecule has 0 bridgehead atoms. The van der Waals surface area contributed by atoms with E-state index in [1.165, 1.54) is 11.1 Å². The van der Waals surface area contributed by atoms with E-state index in [2.05, 4.69) is 9.97 Å². The monoisotopic (exact) mass is 237 g/mol. The lowest BCUT2D eigenvalue weighted by atomic mass is 10.2. The second-order valence-electron chi connectivity index (χ2n) is 4.07. The molecule has 1 aromatic rings. The number of piperazine rings is 1. The Balaban J connectivity index is 2.06. The van der Waals surface area contributed by atoms with Crippen molar-refractivity contribution in [2.75, 3.05) is 30.3 Å². The molecule has 1 amide bonds. The van der Waals surface area contributed by atoms with Gasteiger partial charge in [-0.2, -0.15) is 0 Å². The normalized spacial score (nSPS) is 20.4. The van der Waals surface area contributed by atoms with Gasteiger partial charge < -0.3 is 20.6 Å². The Kier molecular flexibility index (Phi) is 2.99. The molecule has 2 heterocycles. The first-order chi connectivity index (χ1) is 8.08. The van der Waals surface area contributed by atoms with Crippen LogP contribution in [0.2, 0.25) is 0 Å². The predicted molar refractivity (Wildman–Crippen MR) is 62.9 cm³/mol. The summed E-state index contributed by atoms with van der Waals surface area (Å²) >= 11 is 0. The van der Waals surface area contributed by atoms with Gasteiger partial charge in [0.1, 0.15) is 11.6 Å². The van der Waals surface area contributed by atoms with Crippen LogP contribution >= 0.6 is 0 Å². The molecule has 7 heteroatoms. The SMILES string of the molecule is C[C@H]1CN(c2cnc(N)cn2)CCN1C(=O)O. The highest BCUT2D eigenvalue weighted by molar-refractivity contribution is 5.66. The Bertz CT molecular complexity index is 408. The van der Waals surface area contributed by atoms with E-state index >= 15 is 0 Å². The average Bonchev–Trinajstić information content (AvgIpc) is 2.29. The van der Waals surface area contributed by atoms with E-state index in [9.17, 15) is 4.79 Å². The van der Waals surface area contributed by atoms with E-state index in [-0.39, 0.29) is 6.04 Å². The number of carbonyl (C=O) groups is 1. The summed E-state index contributed by atoms with van der Waals surface area (Å²) in [7, 11) is 0. The first kappa shape index (κ1) is 11.4. The minimum atomic E-state index is -0.874. The summed E-state index contributed by atoms with van der Waals surface area (Å²) in [5, 5.41) is 8.96. The van der Waals surface area contributed by atoms with Crippen LogP contribution in [-0.2, 0) is 0 Å². The molecule has 1 atom stereocenters. The number of hydrogen-bond donors (Lipinski definition) is 2. The minimum absolute atomic E-state index is 0.0550. The molecule has 2 rings (SSSR count). The molecule has 1 aromatic heterocycles. The van der Waals surface area contributed by atoms with Crippen LogP contribution in [0.3, 0.4) is 0 Å². The van der Waals surface area contributed by atoms with E-state index in [0.29, 0.717) is 25.5 Å². The summed E-state index contributed by atoms with van der Waals surface area (Å²) in [6, 6.07) is -0.0550. The molecule has 0 aromatic carbocycles. The van der Waals surface area contributed by atoms with E-state index in [1.807, 2.05) is 11.8 Å². The quantitative estimate of drug-likeness (QED) is 0.726. The molecule has 0 saturated carbocycles. The Morgan fingerprint density at radius 3 is 2.76 bits per heavy atom. The van der Waals surface area contributed by atoms with Gasteiger partial charge in [0, 0.05) is 25.7 Å². The highest BCUT2D eigenvalue weighted by Gasteiger charge is 2.27. The average molecular weight is 237 g/mol. The summed E-state index contributed by atoms with van der Waals surface area (Å²) < 4.78 is 0. The number of nitrogens with two attached hydrogens (primary N) is 1. The molecule has 1 fully saturated rings. The van der Waals surface area contributed by atoms with Gasteiger partial charge in [-0.1, -0.05) is 0 Å². The van der Waals surface area contributed by atoms with Crippen molar-refractivity contribution in [1.82, 2.24) is 14.9 Å². The lowest BCUT2D eigenvalue weighted by Gasteiger charge is -2.38. The van der Waals surface area contributed by atoms with Crippen molar-refractivity contribution in [3.8, 4) is 0 Å². The van der Waals surface area contributed by atoms with Gasteiger partial charge in [-0.05, 0) is 6.92 Å². The van der Waals surface area contributed by atoms with Crippen LogP contribution in [0.25, 0.3) is 0 Å². The second-order valence-corrected chi connectivity index (χ2v) is 4.07. The molecule has 0 aliphatic carbocycles. The minimum Gasteiger partial charge on any atom is -0.465 e. The molecule has 92 valence electrons. The summed E-state index contributed by atoms with van der Waals surface area (Å²) in [6.07, 6.45) is 2.24. The molecular weight excluding hydrogens is 222 g/mol. The lowest BCUT2D eigenvalue weighted by molar-refractivity contribution is 0.122. The van der Waals surface area contributed by atoms with E-state index in [1.54, 1.807) is 6.20 Å². The van der Waals surface area contributed by atoms with Crippen LogP contribution in [0.5, 0.6) is 0 Å². The van der Waals surface area contributed by atoms with Gasteiger partial charge in [0.15, 0.2) is 0 Å². The van der Waals surface area contributed by atoms with Crippen molar-refractivity contribution in [2.24, 2.45) is 0 Å². The number of anilines is 2. The molecule has 1 aliphatic rings. The van der Waals surface area contributed by atoms with Gasteiger partial charge in [-0.15, -0.1) is 0 Å². The van der Waals surface area contributed by atoms with E-state index < -0.39 is 6.09 Å². The Morgan fingerprint density at radius 1 is 1.47 bits per heavy atom. The number of nitrogens with zero attached hydrogens (tertiary/aromatic N) is 4. The fraction of sp³-hybridized carbons (Fsp3) is 0.500. The first-order valence-electron chi connectivity index (χ1n) is 5.40. The molecule has 1 aliphatic heterocycles. The van der Waals surface area contributed by atoms with Crippen molar-refractivity contribution < 1.29 is 9.90 Å². The molecule has 0 unspecified atom stereocenters. The van der Waals surface area contributed by atoms with Crippen LogP contribution in [0.15, 0.2) is 12.4 Å². The third-order valence-electron chi connectivity index (χ3n) is 2.86. The summed E-state index contributed by atoms with van der Waals surface area (Å²) in [5.74, 6) is 1.11. The van der Waals surface area contributed by atoms with Crippen LogP contribution in [-0.4, -0.2) is 51.7 Å². The third kappa shape index (κ3) is 2.38. The van der Waals surface area contributed by atoms with Gasteiger partial charge in [0.25, 0.3) is 0 Å². The number of nitrogen functional groups attached to an aromatic ring is 1. The third-order valence-corrected chi connectivity index (χ3v) is 2.86. The van der Waals surface area contributed by atoms with Gasteiger partial charge in [0.2, 0.25) is 0 Å². The number of hydrogen-bond acceptors (Lipinski definition) is 5. The summed E-state index contributed by atoms with van der Waals surface area (Å²) in [5.41, 5.74) is 5.47. The lowest BCUT2D eigenvalue weighted by Crippen LogP contribution is -2.53. The summed E-state index contributed by atoms with van der Waals surface area (Å²) in [4.78, 5) is 22.5. The van der Waals surface area contributed by atoms with Gasteiger partial charge in [-0.3, -0.25) is 0 Å². The molecule has 3 N–H and O–H groups in total. The predicted octanol–water partition coefficient (Wildman–Crippen LogP) is 0.247. The van der Waals surface area contributed by atoms with Gasteiger partial charge in [0.05, 0.1) is 12.4 Å². The van der Waals surface area contributed by atoms with Crippen molar-refractivity contribution in [1.29, 1.82) is 0 Å². The molecular formula is C10H15N5O2. The van der Waals surface area contributed by atoms with Crippen LogP contribution in [0.4, 0.5) is 16.4 Å². The highest BCUT2D eigenvalue weighted by Crippen LogP contribution is 2.16. The van der Waals surface area contributed by atoms with Crippen molar-refractivity contribution >= 4 is 17.7 Å². The van der Waals surface area contributed by atoms with Crippen molar-refractivity contribution in [3.63, 3.8) is 0 Å². The second kappa shape index (κ2) is 4.44. The smallest absolute Gasteiger partial charge is 0.407 e. The zero-order valence-electron chi connectivity index (χ0n) is 9.58. The van der Waals surface area contributed by atoms with Crippen LogP contribution in [0.1, 0.15) is 6.92 Å². The Hall–Kier alpha value is -2.05. The number of carboxylic acid groups (broad SMARTS) is 1. The molecule has 0 spiro atoms. The van der Waals surface area contributed by atoms with E-state index in [0.717, 1.165) is 5.82 Å². The maximum atomic E-state index is 10.9. The molecule has 7 nitrogen and oxygen atoms in total. The van der Waals surface area contributed by atoms with Gasteiger partial charge in [-0.25, -0.2) is 14.8 Å². The largest absolute Gasteiger partial charge is 0.465 e. The first-order valence-corrected chi connectivity index (χ1v) is 5.40. The maximum Gasteiger partial charge on any atom is 0.407 e. The summed E-state index contributed by atoms with van der Waals surface area (Å²) in [6.45, 7) is 3.59. The molecule has 17 heavy (non-hydrogen) atoms. The standard InChI is InChI=1S/C10H15N5O2/c1-7-6-14(2-3-15(7)10(16)17)9-5-12-8(11)4-13-9/h4-5,7H,2-3,6H2,1H3,(H2,11,12)(H,16,17)/t7-/m0/s1. The topological polar surface area (TPSA) is 95.6 Å². The number of aromatic nitrogens is 2. The van der Waals surface area contributed by atoms with Crippen LogP contribution in [0, 0.1) is 0 Å². The van der Waals surface area contributed by atoms with Crippen molar-refractivity contribution in [3.05, 3.63) is 12.4 Å². The fourth-order valence-electron chi connectivity index (χ4n) is 1.94. The van der Waals surface area contributed by atoms with Crippen LogP contribution < -0.4 is 10.6 Å². The van der Waals surface area contributed by atoms with Crippen molar-refractivity contribution in [2.45, 2.75) is 13.0 Å². The Morgan fingerprint density at radius 2 is 2.24 bits per heavy atom. The zero-order chi connectivity index (χ0) is 12.4. The van der Waals surface area contributed by atoms with E-state index in [4.69, 9.17) is 10.8 Å². The Labute approximate surface area is 98.9 Å².